The quantitative estimate of drug-likeness (QED) is 0.374. The van der Waals surface area contributed by atoms with Crippen LogP contribution in [-0.2, 0) is 4.57 Å². The van der Waals surface area contributed by atoms with Crippen LogP contribution in [-0.4, -0.2) is 48.4 Å². The summed E-state index contributed by atoms with van der Waals surface area (Å²) in [7, 11) is 6.00. The minimum atomic E-state index is -1.000. The normalized spacial score (nSPS) is 14.3. The molecule has 0 aromatic heterocycles. The molecule has 0 spiro atoms. The lowest BCUT2D eigenvalue weighted by molar-refractivity contribution is -0.867. The number of rotatable bonds is 6. The predicted molar refractivity (Wildman–Crippen MR) is 73.2 cm³/mol. The van der Waals surface area contributed by atoms with Gasteiger partial charge in [-0.3, -0.25) is 4.57 Å². The first-order valence-electron chi connectivity index (χ1n) is 5.59. The van der Waals surface area contributed by atoms with Gasteiger partial charge in [0.25, 0.3) is 0 Å². The van der Waals surface area contributed by atoms with Crippen LogP contribution in [0.5, 0.6) is 0 Å². The van der Waals surface area contributed by atoms with Gasteiger partial charge in [-0.25, -0.2) is 0 Å². The van der Waals surface area contributed by atoms with E-state index in [0.29, 0.717) is 18.2 Å². The van der Waals surface area contributed by atoms with Gasteiger partial charge in [0.2, 0.25) is 7.66 Å². The maximum atomic E-state index is 11.6. The second kappa shape index (κ2) is 7.55. The molecule has 0 N–H and O–H groups in total. The molecule has 5 heteroatoms. The number of hydrogen-bond acceptors (Lipinski definition) is 1. The van der Waals surface area contributed by atoms with E-state index in [0.717, 1.165) is 16.8 Å². The maximum Gasteiger partial charge on any atom is 0.208 e. The Hall–Kier alpha value is 1.14. The van der Waals surface area contributed by atoms with E-state index < -0.39 is 9.65 Å². The fourth-order valence-electron chi connectivity index (χ4n) is 1.65. The summed E-state index contributed by atoms with van der Waals surface area (Å²) < 4.78 is 12.5. The first-order valence-corrected chi connectivity index (χ1v) is 8.94. The Bertz CT molecular complexity index is 209. The van der Waals surface area contributed by atoms with Gasteiger partial charge in [0.1, 0.15) is 0 Å². The lowest BCUT2D eigenvalue weighted by Gasteiger charge is -2.42. The van der Waals surface area contributed by atoms with E-state index in [9.17, 15) is 4.57 Å². The highest BCUT2D eigenvalue weighted by atomic mass is 127. The van der Waals surface area contributed by atoms with Crippen molar-refractivity contribution in [2.75, 3.05) is 33.4 Å². The lowest BCUT2D eigenvalue weighted by Crippen LogP contribution is -3.00. The summed E-state index contributed by atoms with van der Waals surface area (Å²) in [6, 6.07) is 0. The van der Waals surface area contributed by atoms with Crippen molar-refractivity contribution in [1.29, 1.82) is 0 Å². The zero-order valence-corrected chi connectivity index (χ0v) is 15.5. The van der Waals surface area contributed by atoms with Gasteiger partial charge in [-0.2, -0.15) is 0 Å². The molecule has 0 aromatic rings. The van der Waals surface area contributed by atoms with Crippen LogP contribution in [0.3, 0.4) is 0 Å². The Labute approximate surface area is 121 Å². The summed E-state index contributed by atoms with van der Waals surface area (Å²) in [6.45, 7) is 9.98. The largest absolute Gasteiger partial charge is 1.00 e. The van der Waals surface area contributed by atoms with E-state index in [2.05, 4.69) is 48.8 Å². The molecule has 16 heavy (non-hydrogen) atoms. The number of nitrogens with zero attached hydrogens (tertiary/aromatic N) is 1. The van der Waals surface area contributed by atoms with Crippen molar-refractivity contribution >= 4 is 17.3 Å². The molecule has 0 aliphatic carbocycles. The topological polar surface area (TPSA) is 17.1 Å². The van der Waals surface area contributed by atoms with Crippen LogP contribution < -0.4 is 24.0 Å². The van der Waals surface area contributed by atoms with E-state index in [1.165, 1.54) is 0 Å². The van der Waals surface area contributed by atoms with E-state index in [-0.39, 0.29) is 24.0 Å². The van der Waals surface area contributed by atoms with Gasteiger partial charge in [0.05, 0.1) is 27.7 Å². The van der Waals surface area contributed by atoms with Gasteiger partial charge >= 0.3 is 0 Å². The minimum Gasteiger partial charge on any atom is -1.00 e. The third kappa shape index (κ3) is 5.65. The SMILES string of the molecule is CC(C)S(CC[N+](C)(C)C)(P=O)C(C)C.[I-]. The van der Waals surface area contributed by atoms with Crippen LogP contribution in [0, 0.1) is 0 Å². The summed E-state index contributed by atoms with van der Waals surface area (Å²) in [5, 5.41) is 1.09. The Balaban J connectivity index is 0. The molecule has 100 valence electrons. The molecule has 0 unspecified atom stereocenters. The van der Waals surface area contributed by atoms with Gasteiger partial charge in [-0.15, -0.1) is 9.65 Å². The predicted octanol–water partition coefficient (Wildman–Crippen LogP) is 0.525. The molecule has 0 saturated carbocycles. The van der Waals surface area contributed by atoms with Crippen LogP contribution in [0.1, 0.15) is 27.7 Å². The van der Waals surface area contributed by atoms with Crippen molar-refractivity contribution in [3.63, 3.8) is 0 Å². The molecule has 0 rings (SSSR count). The first-order chi connectivity index (χ1) is 6.65. The van der Waals surface area contributed by atoms with Crippen molar-refractivity contribution in [1.82, 2.24) is 0 Å². The Morgan fingerprint density at radius 2 is 1.44 bits per heavy atom. The first kappa shape index (κ1) is 19.5. The van der Waals surface area contributed by atoms with Crippen LogP contribution in [0.15, 0.2) is 0 Å². The highest BCUT2D eigenvalue weighted by Crippen LogP contribution is 2.66. The third-order valence-electron chi connectivity index (χ3n) is 2.86. The highest BCUT2D eigenvalue weighted by molar-refractivity contribution is 8.70. The van der Waals surface area contributed by atoms with E-state index in [4.69, 9.17) is 0 Å². The number of quaternary nitrogens is 1. The molecule has 0 fully saturated rings. The maximum absolute atomic E-state index is 11.6. The van der Waals surface area contributed by atoms with Crippen molar-refractivity contribution in [3.8, 4) is 0 Å². The second-order valence-corrected chi connectivity index (χ2v) is 12.2. The smallest absolute Gasteiger partial charge is 0.208 e. The average Bonchev–Trinajstić information content (AvgIpc) is 2.02. The molecule has 0 amide bonds. The van der Waals surface area contributed by atoms with Crippen molar-refractivity contribution in [2.45, 2.75) is 38.2 Å². The molecule has 0 radical (unpaired) electrons. The summed E-state index contributed by atoms with van der Waals surface area (Å²) >= 11 is 0. The lowest BCUT2D eigenvalue weighted by atomic mass is 10.5. The molecule has 0 heterocycles. The summed E-state index contributed by atoms with van der Waals surface area (Å²) in [6.07, 6.45) is 0. The summed E-state index contributed by atoms with van der Waals surface area (Å²) in [5.74, 6) is 1.11. The van der Waals surface area contributed by atoms with Crippen LogP contribution >= 0.6 is 17.3 Å². The van der Waals surface area contributed by atoms with E-state index >= 15 is 0 Å². The molecule has 0 aliphatic heterocycles. The molecular weight excluding hydrogens is 352 g/mol. The van der Waals surface area contributed by atoms with Gasteiger partial charge in [0, 0.05) is 5.75 Å². The second-order valence-electron chi connectivity index (χ2n) is 5.70. The zero-order valence-electron chi connectivity index (χ0n) is 11.7. The molecule has 0 aliphatic rings. The van der Waals surface area contributed by atoms with Gasteiger partial charge in [-0.05, 0) is 10.5 Å². The Kier molecular flexibility index (Phi) is 9.19. The summed E-state index contributed by atoms with van der Waals surface area (Å²) in [4.78, 5) is 0. The van der Waals surface area contributed by atoms with Crippen LogP contribution in [0.4, 0.5) is 0 Å². The van der Waals surface area contributed by atoms with Crippen molar-refractivity contribution in [2.24, 2.45) is 0 Å². The zero-order chi connectivity index (χ0) is 12.3. The molecule has 0 bridgehead atoms. The fraction of sp³-hybridized carbons (Fsp3) is 1.00. The molecular formula is C11H27INOPS. The van der Waals surface area contributed by atoms with Crippen LogP contribution in [0.25, 0.3) is 0 Å². The third-order valence-corrected chi connectivity index (χ3v) is 11.2. The number of hydrogen-bond donors (Lipinski definition) is 0. The van der Waals surface area contributed by atoms with Crippen molar-refractivity contribution in [3.05, 3.63) is 0 Å². The molecule has 0 atom stereocenters. The number of halogens is 1. The van der Waals surface area contributed by atoms with Gasteiger partial charge in [0.15, 0.2) is 0 Å². The average molecular weight is 379 g/mol. The van der Waals surface area contributed by atoms with E-state index in [1.54, 1.807) is 0 Å². The fourth-order valence-corrected chi connectivity index (χ4v) is 6.44. The van der Waals surface area contributed by atoms with E-state index in [1.807, 2.05) is 0 Å². The highest BCUT2D eigenvalue weighted by Gasteiger charge is 2.33. The van der Waals surface area contributed by atoms with Gasteiger partial charge in [-0.1, -0.05) is 27.7 Å². The summed E-state index contributed by atoms with van der Waals surface area (Å²) in [5.41, 5.74) is 0. The monoisotopic (exact) mass is 379 g/mol. The minimum absolute atomic E-state index is 0. The standard InChI is InChI=1S/C11H27NOPS.HI/c1-10(2)15(14-13,11(3)4)9-8-12(5,6)7;/h10-11H,8-9H2,1-7H3;1H/q+1;/p-1. The Morgan fingerprint density at radius 1 is 1.06 bits per heavy atom. The molecule has 0 saturated heterocycles. The molecule has 2 nitrogen and oxygen atoms in total. The van der Waals surface area contributed by atoms with Gasteiger partial charge < -0.3 is 28.5 Å². The van der Waals surface area contributed by atoms with Crippen LogP contribution in [0.2, 0.25) is 0 Å². The Morgan fingerprint density at radius 3 is 1.62 bits per heavy atom. The molecule has 0 aromatic carbocycles. The van der Waals surface area contributed by atoms with Crippen molar-refractivity contribution < 1.29 is 33.0 Å².